The van der Waals surface area contributed by atoms with Crippen molar-refractivity contribution in [1.82, 2.24) is 5.32 Å². The number of fused-ring (bicyclic) bond motifs is 3. The first-order valence-corrected chi connectivity index (χ1v) is 12.6. The molecule has 208 valence electrons. The zero-order chi connectivity index (χ0) is 28.1. The van der Waals surface area contributed by atoms with Crippen molar-refractivity contribution in [3.05, 3.63) is 63.3 Å². The summed E-state index contributed by atoms with van der Waals surface area (Å²) in [6.07, 6.45) is 1.57. The first-order valence-electron chi connectivity index (χ1n) is 12.6. The summed E-state index contributed by atoms with van der Waals surface area (Å²) in [5, 5.41) is 6.68. The Kier molecular flexibility index (Phi) is 8.71. The normalized spacial score (nSPS) is 13.9. The maximum absolute atomic E-state index is 13.5. The average molecular weight is 537 g/mol. The van der Waals surface area contributed by atoms with E-state index < -0.39 is 0 Å². The molecule has 0 aliphatic heterocycles. The first kappa shape index (κ1) is 27.9. The second kappa shape index (κ2) is 12.2. The third-order valence-corrected chi connectivity index (χ3v) is 7.09. The summed E-state index contributed by atoms with van der Waals surface area (Å²) in [6, 6.07) is 11.2. The fraction of sp³-hybridized carbons (Fsp3) is 0.367. The molecule has 0 aromatic heterocycles. The second-order valence-electron chi connectivity index (χ2n) is 9.07. The lowest BCUT2D eigenvalue weighted by Crippen LogP contribution is -2.18. The van der Waals surface area contributed by atoms with E-state index in [1.54, 1.807) is 48.7 Å². The molecule has 9 nitrogen and oxygen atoms in total. The molecule has 39 heavy (non-hydrogen) atoms. The van der Waals surface area contributed by atoms with E-state index in [4.69, 9.17) is 28.4 Å². The van der Waals surface area contributed by atoms with Gasteiger partial charge in [0.15, 0.2) is 23.0 Å². The Morgan fingerprint density at radius 2 is 1.38 bits per heavy atom. The van der Waals surface area contributed by atoms with E-state index in [2.05, 4.69) is 10.6 Å². The summed E-state index contributed by atoms with van der Waals surface area (Å²) in [5.41, 5.74) is 4.97. The van der Waals surface area contributed by atoms with Crippen molar-refractivity contribution < 1.29 is 28.4 Å². The van der Waals surface area contributed by atoms with Crippen LogP contribution in [-0.2, 0) is 13.0 Å². The molecule has 2 N–H and O–H groups in total. The van der Waals surface area contributed by atoms with Crippen LogP contribution in [0.25, 0.3) is 11.1 Å². The fourth-order valence-electron chi connectivity index (χ4n) is 5.19. The van der Waals surface area contributed by atoms with Crippen LogP contribution in [-0.4, -0.2) is 49.7 Å². The highest BCUT2D eigenvalue weighted by Crippen LogP contribution is 2.50. The predicted molar refractivity (Wildman–Crippen MR) is 151 cm³/mol. The molecule has 0 heterocycles. The third-order valence-electron chi connectivity index (χ3n) is 7.09. The molecule has 1 aliphatic carbocycles. The molecule has 1 atom stereocenters. The summed E-state index contributed by atoms with van der Waals surface area (Å²) >= 11 is 0. The van der Waals surface area contributed by atoms with Gasteiger partial charge in [0.25, 0.3) is 0 Å². The number of benzene rings is 2. The van der Waals surface area contributed by atoms with Gasteiger partial charge in [-0.25, -0.2) is 0 Å². The molecule has 9 heteroatoms. The van der Waals surface area contributed by atoms with Crippen LogP contribution in [0.15, 0.2) is 41.2 Å². The van der Waals surface area contributed by atoms with Crippen molar-refractivity contribution in [2.75, 3.05) is 55.0 Å². The van der Waals surface area contributed by atoms with Crippen molar-refractivity contribution >= 4 is 5.69 Å². The van der Waals surface area contributed by atoms with E-state index >= 15 is 0 Å². The standard InChI is InChI=1S/C30H36N2O7/c1-31-21-10-8-18-14-26(36-4)29(38-6)30(39-7)27(18)19-9-11-22(23(33)15-20(19)21)32-16-17-12-24(34-2)28(37-5)25(13-17)35-3/h9,11-15,21,31H,8,10,16H2,1-7H3,(H,32,33). The third kappa shape index (κ3) is 5.27. The summed E-state index contributed by atoms with van der Waals surface area (Å²) in [4.78, 5) is 13.5. The van der Waals surface area contributed by atoms with Crippen molar-refractivity contribution in [1.29, 1.82) is 0 Å². The molecule has 1 aliphatic rings. The summed E-state index contributed by atoms with van der Waals surface area (Å²) < 4.78 is 33.5. The molecule has 0 saturated heterocycles. The lowest BCUT2D eigenvalue weighted by molar-refractivity contribution is 0.324. The molecule has 0 spiro atoms. The maximum atomic E-state index is 13.5. The summed E-state index contributed by atoms with van der Waals surface area (Å²) in [7, 11) is 11.4. The van der Waals surface area contributed by atoms with Gasteiger partial charge in [0, 0.05) is 18.2 Å². The number of aryl methyl sites for hydroxylation is 1. The molecular weight excluding hydrogens is 500 g/mol. The smallest absolute Gasteiger partial charge is 0.203 e. The van der Waals surface area contributed by atoms with Crippen molar-refractivity contribution in [3.63, 3.8) is 0 Å². The summed E-state index contributed by atoms with van der Waals surface area (Å²) in [6.45, 7) is 0.376. The van der Waals surface area contributed by atoms with E-state index in [-0.39, 0.29) is 11.5 Å². The van der Waals surface area contributed by atoms with Crippen LogP contribution in [0, 0.1) is 0 Å². The Labute approximate surface area is 229 Å². The molecule has 0 saturated carbocycles. The molecule has 3 aromatic carbocycles. The molecule has 1 unspecified atom stereocenters. The molecule has 0 fully saturated rings. The largest absolute Gasteiger partial charge is 0.493 e. The average Bonchev–Trinajstić information content (AvgIpc) is 3.21. The molecular formula is C30H36N2O7. The van der Waals surface area contributed by atoms with Gasteiger partial charge in [-0.1, -0.05) is 6.07 Å². The number of hydrogen-bond donors (Lipinski definition) is 2. The minimum atomic E-state index is -0.119. The van der Waals surface area contributed by atoms with Gasteiger partial charge >= 0.3 is 0 Å². The molecule has 0 radical (unpaired) electrons. The second-order valence-corrected chi connectivity index (χ2v) is 9.07. The minimum Gasteiger partial charge on any atom is -0.493 e. The zero-order valence-corrected chi connectivity index (χ0v) is 23.5. The monoisotopic (exact) mass is 536 g/mol. The predicted octanol–water partition coefficient (Wildman–Crippen LogP) is 4.58. The van der Waals surface area contributed by atoms with Gasteiger partial charge in [0.05, 0.1) is 48.3 Å². The van der Waals surface area contributed by atoms with Gasteiger partial charge < -0.3 is 39.1 Å². The minimum absolute atomic E-state index is 0.0304. The Balaban J connectivity index is 1.82. The van der Waals surface area contributed by atoms with Crippen LogP contribution >= 0.6 is 0 Å². The van der Waals surface area contributed by atoms with Crippen LogP contribution < -0.4 is 44.5 Å². The summed E-state index contributed by atoms with van der Waals surface area (Å²) in [5.74, 6) is 3.31. The van der Waals surface area contributed by atoms with E-state index in [1.165, 1.54) is 0 Å². The number of nitrogens with one attached hydrogen (secondary N) is 2. The number of hydrogen-bond acceptors (Lipinski definition) is 9. The van der Waals surface area contributed by atoms with Gasteiger partial charge in [0.2, 0.25) is 16.9 Å². The Bertz CT molecular complexity index is 1380. The van der Waals surface area contributed by atoms with Gasteiger partial charge in [-0.3, -0.25) is 4.79 Å². The molecule has 3 aromatic rings. The van der Waals surface area contributed by atoms with Crippen molar-refractivity contribution in [3.8, 4) is 45.6 Å². The SMILES string of the molecule is CNC1CCc2cc(OC)c(OC)c(OC)c2-c2ccc(NCc3cc(OC)c(OC)c(OC)c3)c(=O)cc21. The number of anilines is 1. The number of ether oxygens (including phenoxy) is 6. The van der Waals surface area contributed by atoms with Crippen LogP contribution in [0.3, 0.4) is 0 Å². The number of methoxy groups -OCH3 is 6. The van der Waals surface area contributed by atoms with Gasteiger partial charge in [-0.05, 0) is 72.5 Å². The molecule has 0 bridgehead atoms. The van der Waals surface area contributed by atoms with E-state index in [0.29, 0.717) is 46.7 Å². The van der Waals surface area contributed by atoms with Crippen LogP contribution in [0.1, 0.15) is 29.2 Å². The first-order chi connectivity index (χ1) is 18.9. The number of rotatable bonds is 10. The fourth-order valence-corrected chi connectivity index (χ4v) is 5.19. The Morgan fingerprint density at radius 3 is 1.95 bits per heavy atom. The zero-order valence-electron chi connectivity index (χ0n) is 23.5. The quantitative estimate of drug-likeness (QED) is 0.386. The van der Waals surface area contributed by atoms with Crippen molar-refractivity contribution in [2.45, 2.75) is 25.4 Å². The van der Waals surface area contributed by atoms with E-state index in [1.807, 2.05) is 37.4 Å². The van der Waals surface area contributed by atoms with Gasteiger partial charge in [-0.15, -0.1) is 0 Å². The van der Waals surface area contributed by atoms with E-state index in [9.17, 15) is 4.79 Å². The highest BCUT2D eigenvalue weighted by molar-refractivity contribution is 5.83. The Hall–Kier alpha value is -4.11. The van der Waals surface area contributed by atoms with Gasteiger partial charge in [0.1, 0.15) is 0 Å². The highest BCUT2D eigenvalue weighted by atomic mass is 16.5. The molecule has 4 rings (SSSR count). The Morgan fingerprint density at radius 1 is 0.769 bits per heavy atom. The van der Waals surface area contributed by atoms with Crippen LogP contribution in [0.5, 0.6) is 34.5 Å². The van der Waals surface area contributed by atoms with Gasteiger partial charge in [-0.2, -0.15) is 0 Å². The topological polar surface area (TPSA) is 96.5 Å². The highest BCUT2D eigenvalue weighted by Gasteiger charge is 2.28. The van der Waals surface area contributed by atoms with Crippen molar-refractivity contribution in [2.24, 2.45) is 0 Å². The van der Waals surface area contributed by atoms with Crippen LogP contribution in [0.4, 0.5) is 5.69 Å². The lowest BCUT2D eigenvalue weighted by Gasteiger charge is -2.19. The van der Waals surface area contributed by atoms with Crippen LogP contribution in [0.2, 0.25) is 0 Å². The van der Waals surface area contributed by atoms with E-state index in [0.717, 1.165) is 40.7 Å². The molecule has 0 amide bonds. The maximum Gasteiger partial charge on any atom is 0.203 e. The lowest BCUT2D eigenvalue weighted by atomic mass is 9.95.